The molecule has 72 valence electrons. The Balaban J connectivity index is 1.82. The van der Waals surface area contributed by atoms with E-state index < -0.39 is 0 Å². The molecule has 0 spiro atoms. The lowest BCUT2D eigenvalue weighted by molar-refractivity contribution is 0.243. The number of rotatable bonds is 0. The van der Waals surface area contributed by atoms with Gasteiger partial charge in [0.2, 0.25) is 0 Å². The maximum absolute atomic E-state index is 3.86. The Bertz CT molecular complexity index is 369. The average Bonchev–Trinajstić information content (AvgIpc) is 2.94. The van der Waals surface area contributed by atoms with Crippen LogP contribution in [0.4, 0.5) is 0 Å². The molecule has 4 aliphatic carbocycles. The van der Waals surface area contributed by atoms with Crippen molar-refractivity contribution in [3.8, 4) is 0 Å². The third kappa shape index (κ3) is 0.664. The lowest BCUT2D eigenvalue weighted by Gasteiger charge is -2.32. The first-order valence-electron chi connectivity index (χ1n) is 5.95. The summed E-state index contributed by atoms with van der Waals surface area (Å²) in [6.07, 6.45) is 9.25. The molecule has 0 N–H and O–H groups in total. The van der Waals surface area contributed by atoms with Crippen molar-refractivity contribution < 1.29 is 0 Å². The molecule has 6 unspecified atom stereocenters. The van der Waals surface area contributed by atoms with E-state index in [1.807, 2.05) is 0 Å². The van der Waals surface area contributed by atoms with Gasteiger partial charge in [-0.3, -0.25) is 0 Å². The Kier molecular flexibility index (Phi) is 1.21. The predicted molar refractivity (Wildman–Crippen MR) is 56.6 cm³/mol. The Morgan fingerprint density at radius 1 is 1.14 bits per heavy atom. The largest absolute Gasteiger partial charge is 0.129 e. The van der Waals surface area contributed by atoms with Gasteiger partial charge in [-0.15, -0.1) is 5.73 Å². The molecule has 0 heteroatoms. The first kappa shape index (κ1) is 7.54. The summed E-state index contributed by atoms with van der Waals surface area (Å²) in [6.45, 7) is 3.86. The minimum Gasteiger partial charge on any atom is -0.129 e. The highest BCUT2D eigenvalue weighted by molar-refractivity contribution is 5.28. The van der Waals surface area contributed by atoms with E-state index in [1.165, 1.54) is 19.3 Å². The van der Waals surface area contributed by atoms with Crippen LogP contribution in [0.25, 0.3) is 0 Å². The molecular formula is C14H16. The van der Waals surface area contributed by atoms with Gasteiger partial charge in [0.15, 0.2) is 0 Å². The molecule has 0 saturated heterocycles. The maximum atomic E-state index is 3.86. The molecule has 0 heterocycles. The van der Waals surface area contributed by atoms with Crippen LogP contribution in [-0.4, -0.2) is 0 Å². The van der Waals surface area contributed by atoms with E-state index in [-0.39, 0.29) is 0 Å². The summed E-state index contributed by atoms with van der Waals surface area (Å²) < 4.78 is 0. The van der Waals surface area contributed by atoms with Crippen molar-refractivity contribution in [3.63, 3.8) is 0 Å². The normalized spacial score (nSPS) is 56.7. The molecule has 0 amide bonds. The van der Waals surface area contributed by atoms with E-state index in [1.54, 1.807) is 5.57 Å². The highest BCUT2D eigenvalue weighted by atomic mass is 14.6. The van der Waals surface area contributed by atoms with Gasteiger partial charge >= 0.3 is 0 Å². The van der Waals surface area contributed by atoms with Gasteiger partial charge in [-0.1, -0.05) is 18.7 Å². The lowest BCUT2D eigenvalue weighted by Crippen LogP contribution is -2.26. The third-order valence-electron chi connectivity index (χ3n) is 5.31. The van der Waals surface area contributed by atoms with Gasteiger partial charge in [0.05, 0.1) is 0 Å². The van der Waals surface area contributed by atoms with Crippen LogP contribution in [-0.2, 0) is 0 Å². The van der Waals surface area contributed by atoms with Crippen molar-refractivity contribution in [1.29, 1.82) is 0 Å². The zero-order valence-corrected chi connectivity index (χ0v) is 8.45. The number of hydrogen-bond donors (Lipinski definition) is 0. The minimum absolute atomic E-state index is 0.877. The van der Waals surface area contributed by atoms with Crippen molar-refractivity contribution >= 4 is 0 Å². The summed E-state index contributed by atoms with van der Waals surface area (Å²) in [6, 6.07) is 0. The summed E-state index contributed by atoms with van der Waals surface area (Å²) >= 11 is 0. The van der Waals surface area contributed by atoms with Gasteiger partial charge in [0.1, 0.15) is 0 Å². The Morgan fingerprint density at radius 3 is 2.71 bits per heavy atom. The molecule has 4 rings (SSSR count). The monoisotopic (exact) mass is 184 g/mol. The van der Waals surface area contributed by atoms with Crippen LogP contribution in [0.15, 0.2) is 30.0 Å². The number of hydrogen-bond acceptors (Lipinski definition) is 0. The molecule has 6 atom stereocenters. The average molecular weight is 184 g/mol. The summed E-state index contributed by atoms with van der Waals surface area (Å²) in [7, 11) is 0. The van der Waals surface area contributed by atoms with Gasteiger partial charge in [-0.05, 0) is 60.3 Å². The second-order valence-electron chi connectivity index (χ2n) is 5.61. The van der Waals surface area contributed by atoms with Crippen LogP contribution in [0.1, 0.15) is 19.3 Å². The fourth-order valence-corrected chi connectivity index (χ4v) is 5.00. The second kappa shape index (κ2) is 2.25. The smallest absolute Gasteiger partial charge is 0.00874 e. The fraction of sp³-hybridized carbons (Fsp3) is 0.643. The van der Waals surface area contributed by atoms with Gasteiger partial charge in [0.25, 0.3) is 0 Å². The summed E-state index contributed by atoms with van der Waals surface area (Å²) in [4.78, 5) is 0. The Hall–Kier alpha value is -0.740. The molecule has 4 aliphatic rings. The van der Waals surface area contributed by atoms with E-state index in [4.69, 9.17) is 0 Å². The highest BCUT2D eigenvalue weighted by Crippen LogP contribution is 2.66. The van der Waals surface area contributed by atoms with Crippen molar-refractivity contribution in [1.82, 2.24) is 0 Å². The van der Waals surface area contributed by atoms with E-state index in [9.17, 15) is 0 Å². The highest BCUT2D eigenvalue weighted by Gasteiger charge is 2.59. The predicted octanol–water partition coefficient (Wildman–Crippen LogP) is 3.18. The summed E-state index contributed by atoms with van der Waals surface area (Å²) in [5.41, 5.74) is 4.78. The third-order valence-corrected chi connectivity index (χ3v) is 5.31. The van der Waals surface area contributed by atoms with E-state index in [2.05, 4.69) is 24.5 Å². The molecular weight excluding hydrogens is 168 g/mol. The van der Waals surface area contributed by atoms with Gasteiger partial charge < -0.3 is 0 Å². The van der Waals surface area contributed by atoms with E-state index in [0.29, 0.717) is 0 Å². The first-order valence-corrected chi connectivity index (χ1v) is 5.95. The molecule has 0 nitrogen and oxygen atoms in total. The molecule has 0 radical (unpaired) electrons. The zero-order chi connectivity index (χ0) is 9.28. The first-order chi connectivity index (χ1) is 6.88. The molecule has 3 fully saturated rings. The molecule has 0 aromatic heterocycles. The quantitative estimate of drug-likeness (QED) is 0.308. The van der Waals surface area contributed by atoms with Gasteiger partial charge in [-0.2, -0.15) is 0 Å². The standard InChI is InChI=1S/C14H16/c1-2-8-5-11-7-12(8)14-10-4-3-9(6-10)13(11)14/h3-4,9-14H,1,5-7H2. The number of allylic oxidation sites excluding steroid dienone is 3. The molecule has 0 aromatic rings. The zero-order valence-electron chi connectivity index (χ0n) is 8.45. The van der Waals surface area contributed by atoms with Crippen LogP contribution in [0.2, 0.25) is 0 Å². The van der Waals surface area contributed by atoms with Crippen LogP contribution in [0, 0.1) is 35.5 Å². The molecule has 0 aliphatic heterocycles. The summed E-state index contributed by atoms with van der Waals surface area (Å²) in [5.74, 6) is 5.78. The van der Waals surface area contributed by atoms with Crippen LogP contribution in [0.5, 0.6) is 0 Å². The second-order valence-corrected chi connectivity index (χ2v) is 5.61. The van der Waals surface area contributed by atoms with E-state index >= 15 is 0 Å². The van der Waals surface area contributed by atoms with Crippen LogP contribution < -0.4 is 0 Å². The van der Waals surface area contributed by atoms with Gasteiger partial charge in [-0.25, -0.2) is 0 Å². The molecule has 4 bridgehead atoms. The van der Waals surface area contributed by atoms with Crippen molar-refractivity contribution in [2.45, 2.75) is 19.3 Å². The van der Waals surface area contributed by atoms with Crippen molar-refractivity contribution in [2.75, 3.05) is 0 Å². The van der Waals surface area contributed by atoms with Crippen LogP contribution in [0.3, 0.4) is 0 Å². The van der Waals surface area contributed by atoms with Crippen LogP contribution >= 0.6 is 0 Å². The Morgan fingerprint density at radius 2 is 1.93 bits per heavy atom. The minimum atomic E-state index is 0.877. The van der Waals surface area contributed by atoms with Gasteiger partial charge in [0, 0.05) is 0 Å². The SMILES string of the molecule is C=C=C1CC2CC1C1C3C=CC(C3)C21. The lowest BCUT2D eigenvalue weighted by atomic mass is 9.72. The summed E-state index contributed by atoms with van der Waals surface area (Å²) in [5, 5.41) is 0. The fourth-order valence-electron chi connectivity index (χ4n) is 5.00. The molecule has 3 saturated carbocycles. The van der Waals surface area contributed by atoms with Crippen molar-refractivity contribution in [2.24, 2.45) is 35.5 Å². The van der Waals surface area contributed by atoms with E-state index in [0.717, 1.165) is 35.5 Å². The molecule has 0 aromatic carbocycles. The molecule has 14 heavy (non-hydrogen) atoms. The van der Waals surface area contributed by atoms with Crippen molar-refractivity contribution in [3.05, 3.63) is 30.0 Å². The Labute approximate surface area is 85.4 Å². The maximum Gasteiger partial charge on any atom is -0.00874 e. The topological polar surface area (TPSA) is 0 Å². The number of fused-ring (bicyclic) bond motifs is 9.